The largest absolute Gasteiger partial charge is 0.310 e. The van der Waals surface area contributed by atoms with Crippen LogP contribution < -0.4 is 9.62 Å². The number of halogens is 1. The van der Waals surface area contributed by atoms with E-state index in [2.05, 4.69) is 20.7 Å². The Morgan fingerprint density at radius 3 is 2.77 bits per heavy atom. The molecule has 1 N–H and O–H groups in total. The number of hydrogen-bond donors (Lipinski definition) is 1. The van der Waals surface area contributed by atoms with Gasteiger partial charge in [0.1, 0.15) is 4.90 Å². The van der Waals surface area contributed by atoms with Crippen molar-refractivity contribution in [1.29, 1.82) is 0 Å². The standard InChI is InChI=1S/C15H19BrN2O3S/c1-2-6-17-22(20,21)13-9-12(16)8-11-5-7-18(14(11)13)15(19)10-3-4-10/h8-10,17H,2-7H2,1H3. The first kappa shape index (κ1) is 16.0. The molecule has 0 aromatic heterocycles. The molecular weight excluding hydrogens is 368 g/mol. The molecule has 1 saturated carbocycles. The number of nitrogens with one attached hydrogen (secondary N) is 1. The van der Waals surface area contributed by atoms with Gasteiger partial charge in [0.25, 0.3) is 0 Å². The third-order valence-electron chi connectivity index (χ3n) is 4.02. The number of fused-ring (bicyclic) bond motifs is 1. The molecular formula is C15H19BrN2O3S. The van der Waals surface area contributed by atoms with Crippen LogP contribution in [0.4, 0.5) is 5.69 Å². The van der Waals surface area contributed by atoms with Gasteiger partial charge in [-0.1, -0.05) is 22.9 Å². The number of rotatable bonds is 5. The minimum atomic E-state index is -3.62. The molecule has 0 unspecified atom stereocenters. The van der Waals surface area contributed by atoms with Crippen molar-refractivity contribution in [3.05, 3.63) is 22.2 Å². The maximum atomic E-state index is 12.6. The predicted octanol–water partition coefficient (Wildman–Crippen LogP) is 2.44. The van der Waals surface area contributed by atoms with Crippen LogP contribution in [0.1, 0.15) is 31.7 Å². The number of carbonyl (C=O) groups excluding carboxylic acids is 1. The van der Waals surface area contributed by atoms with E-state index < -0.39 is 10.0 Å². The van der Waals surface area contributed by atoms with Gasteiger partial charge in [-0.25, -0.2) is 13.1 Å². The van der Waals surface area contributed by atoms with E-state index in [9.17, 15) is 13.2 Å². The van der Waals surface area contributed by atoms with Crippen molar-refractivity contribution in [2.45, 2.75) is 37.5 Å². The highest BCUT2D eigenvalue weighted by Gasteiger charge is 2.39. The Labute approximate surface area is 139 Å². The van der Waals surface area contributed by atoms with E-state index in [4.69, 9.17) is 0 Å². The lowest BCUT2D eigenvalue weighted by atomic mass is 10.2. The molecule has 1 fully saturated rings. The van der Waals surface area contributed by atoms with Crippen LogP contribution in [-0.2, 0) is 21.2 Å². The summed E-state index contributed by atoms with van der Waals surface area (Å²) in [5, 5.41) is 0. The van der Waals surface area contributed by atoms with Gasteiger partial charge in [0.15, 0.2) is 0 Å². The van der Waals surface area contributed by atoms with Crippen molar-refractivity contribution in [2.75, 3.05) is 18.0 Å². The maximum absolute atomic E-state index is 12.6. The summed E-state index contributed by atoms with van der Waals surface area (Å²) in [7, 11) is -3.62. The lowest BCUT2D eigenvalue weighted by Crippen LogP contribution is -2.33. The van der Waals surface area contributed by atoms with Gasteiger partial charge >= 0.3 is 0 Å². The van der Waals surface area contributed by atoms with Gasteiger partial charge in [-0.3, -0.25) is 4.79 Å². The number of amides is 1. The number of benzene rings is 1. The van der Waals surface area contributed by atoms with Gasteiger partial charge in [0.2, 0.25) is 15.9 Å². The van der Waals surface area contributed by atoms with E-state index >= 15 is 0 Å². The van der Waals surface area contributed by atoms with Crippen LogP contribution in [0.2, 0.25) is 0 Å². The van der Waals surface area contributed by atoms with Crippen molar-refractivity contribution in [3.8, 4) is 0 Å². The molecule has 2 aliphatic rings. The van der Waals surface area contributed by atoms with Crippen LogP contribution in [0.3, 0.4) is 0 Å². The van der Waals surface area contributed by atoms with Crippen LogP contribution in [0.15, 0.2) is 21.5 Å². The van der Waals surface area contributed by atoms with E-state index in [1.54, 1.807) is 11.0 Å². The van der Waals surface area contributed by atoms with Crippen LogP contribution in [0.5, 0.6) is 0 Å². The molecule has 1 aromatic carbocycles. The number of anilines is 1. The topological polar surface area (TPSA) is 66.5 Å². The molecule has 1 aliphatic heterocycles. The molecule has 0 bridgehead atoms. The fourth-order valence-corrected chi connectivity index (χ4v) is 4.82. The van der Waals surface area contributed by atoms with Gasteiger partial charge in [-0.15, -0.1) is 0 Å². The minimum absolute atomic E-state index is 0.0630. The molecule has 1 amide bonds. The fraction of sp³-hybridized carbons (Fsp3) is 0.533. The molecule has 0 radical (unpaired) electrons. The predicted molar refractivity (Wildman–Crippen MR) is 88.4 cm³/mol. The van der Waals surface area contributed by atoms with Crippen LogP contribution in [-0.4, -0.2) is 27.4 Å². The summed E-state index contributed by atoms with van der Waals surface area (Å²) in [6, 6.07) is 3.50. The number of carbonyl (C=O) groups is 1. The van der Waals surface area contributed by atoms with Gasteiger partial charge in [-0.2, -0.15) is 0 Å². The van der Waals surface area contributed by atoms with Crippen molar-refractivity contribution in [2.24, 2.45) is 5.92 Å². The molecule has 0 saturated heterocycles. The zero-order valence-corrected chi connectivity index (χ0v) is 14.8. The lowest BCUT2D eigenvalue weighted by molar-refractivity contribution is -0.119. The highest BCUT2D eigenvalue weighted by Crippen LogP contribution is 2.41. The summed E-state index contributed by atoms with van der Waals surface area (Å²) in [6.07, 6.45) is 3.25. The Morgan fingerprint density at radius 2 is 2.14 bits per heavy atom. The maximum Gasteiger partial charge on any atom is 0.242 e. The molecule has 3 rings (SSSR count). The van der Waals surface area contributed by atoms with E-state index in [1.807, 2.05) is 13.0 Å². The smallest absolute Gasteiger partial charge is 0.242 e. The second kappa shape index (κ2) is 5.94. The van der Waals surface area contributed by atoms with Crippen molar-refractivity contribution in [1.82, 2.24) is 4.72 Å². The zero-order valence-electron chi connectivity index (χ0n) is 12.4. The molecule has 0 atom stereocenters. The van der Waals surface area contributed by atoms with Crippen molar-refractivity contribution in [3.63, 3.8) is 0 Å². The van der Waals surface area contributed by atoms with E-state index in [0.717, 1.165) is 29.3 Å². The highest BCUT2D eigenvalue weighted by atomic mass is 79.9. The number of sulfonamides is 1. The lowest BCUT2D eigenvalue weighted by Gasteiger charge is -2.21. The summed E-state index contributed by atoms with van der Waals surface area (Å²) in [6.45, 7) is 2.87. The summed E-state index contributed by atoms with van der Waals surface area (Å²) in [5.74, 6) is 0.141. The Kier molecular flexibility index (Phi) is 4.31. The quantitative estimate of drug-likeness (QED) is 0.844. The van der Waals surface area contributed by atoms with E-state index in [1.165, 1.54) is 0 Å². The van der Waals surface area contributed by atoms with Crippen molar-refractivity contribution >= 4 is 37.5 Å². The molecule has 7 heteroatoms. The Balaban J connectivity index is 2.05. The molecule has 1 aliphatic carbocycles. The summed E-state index contributed by atoms with van der Waals surface area (Å²) in [4.78, 5) is 14.3. The second-order valence-corrected chi connectivity index (χ2v) is 8.47. The number of hydrogen-bond acceptors (Lipinski definition) is 3. The third-order valence-corrected chi connectivity index (χ3v) is 5.95. The van der Waals surface area contributed by atoms with Crippen LogP contribution in [0.25, 0.3) is 0 Å². The molecule has 0 spiro atoms. The van der Waals surface area contributed by atoms with Gasteiger partial charge in [-0.05, 0) is 43.4 Å². The Bertz CT molecular complexity index is 714. The first-order valence-corrected chi connectivity index (χ1v) is 9.85. The molecule has 22 heavy (non-hydrogen) atoms. The summed E-state index contributed by atoms with van der Waals surface area (Å²) < 4.78 is 28.5. The SMILES string of the molecule is CCCNS(=O)(=O)c1cc(Br)cc2c1N(C(=O)C1CC1)CC2. The van der Waals surface area contributed by atoms with Crippen LogP contribution >= 0.6 is 15.9 Å². The molecule has 5 nitrogen and oxygen atoms in total. The number of nitrogens with zero attached hydrogens (tertiary/aromatic N) is 1. The molecule has 1 heterocycles. The average molecular weight is 387 g/mol. The second-order valence-electron chi connectivity index (χ2n) is 5.82. The zero-order chi connectivity index (χ0) is 15.9. The average Bonchev–Trinajstić information content (AvgIpc) is 3.24. The summed E-state index contributed by atoms with van der Waals surface area (Å²) in [5.41, 5.74) is 1.49. The monoisotopic (exact) mass is 386 g/mol. The normalized spacial score (nSPS) is 17.6. The third kappa shape index (κ3) is 2.94. The van der Waals surface area contributed by atoms with Gasteiger partial charge < -0.3 is 4.90 Å². The first-order valence-electron chi connectivity index (χ1n) is 7.57. The van der Waals surface area contributed by atoms with E-state index in [0.29, 0.717) is 25.2 Å². The van der Waals surface area contributed by atoms with Crippen molar-refractivity contribution < 1.29 is 13.2 Å². The van der Waals surface area contributed by atoms with E-state index in [-0.39, 0.29) is 16.7 Å². The van der Waals surface area contributed by atoms with Gasteiger partial charge in [0.05, 0.1) is 5.69 Å². The van der Waals surface area contributed by atoms with Crippen LogP contribution in [0, 0.1) is 5.92 Å². The molecule has 1 aromatic rings. The Morgan fingerprint density at radius 1 is 1.41 bits per heavy atom. The first-order chi connectivity index (χ1) is 10.4. The Hall–Kier alpha value is -0.920. The highest BCUT2D eigenvalue weighted by molar-refractivity contribution is 9.10. The minimum Gasteiger partial charge on any atom is -0.310 e. The summed E-state index contributed by atoms with van der Waals surface area (Å²) >= 11 is 3.38. The molecule has 120 valence electrons. The van der Waals surface area contributed by atoms with Gasteiger partial charge in [0, 0.05) is 23.5 Å². The fourth-order valence-electron chi connectivity index (χ4n) is 2.76.